The fourth-order valence-corrected chi connectivity index (χ4v) is 0.516. The maximum Gasteiger partial charge on any atom is 0.106 e. The zero-order valence-corrected chi connectivity index (χ0v) is 5.89. The molecule has 0 spiro atoms. The van der Waals surface area contributed by atoms with Crippen LogP contribution in [0.2, 0.25) is 0 Å². The molecule has 0 fully saturated rings. The van der Waals surface area contributed by atoms with Crippen molar-refractivity contribution in [3.63, 3.8) is 0 Å². The standard InChI is InChI=1S/C6H15NO/c1-4-5-6(8)7(2)3/h6,8H,4-5H2,1-3H3/t6-/m1/s1. The van der Waals surface area contributed by atoms with Gasteiger partial charge in [0.2, 0.25) is 0 Å². The molecule has 0 rings (SSSR count). The van der Waals surface area contributed by atoms with E-state index in [1.54, 1.807) is 0 Å². The molecule has 0 heterocycles. The fourth-order valence-electron chi connectivity index (χ4n) is 0.516. The van der Waals surface area contributed by atoms with E-state index in [0.29, 0.717) is 0 Å². The Labute approximate surface area is 51.1 Å². The molecule has 0 unspecified atom stereocenters. The number of aliphatic hydroxyl groups excluding tert-OH is 1. The first-order chi connectivity index (χ1) is 3.68. The molecule has 1 atom stereocenters. The van der Waals surface area contributed by atoms with Crippen LogP contribution in [0.25, 0.3) is 0 Å². The number of rotatable bonds is 3. The largest absolute Gasteiger partial charge is 0.378 e. The third-order valence-electron chi connectivity index (χ3n) is 1.14. The van der Waals surface area contributed by atoms with Crippen LogP contribution >= 0.6 is 0 Å². The summed E-state index contributed by atoms with van der Waals surface area (Å²) in [5.74, 6) is 0. The molecule has 50 valence electrons. The van der Waals surface area contributed by atoms with Crippen molar-refractivity contribution in [3.05, 3.63) is 0 Å². The van der Waals surface area contributed by atoms with Gasteiger partial charge in [-0.15, -0.1) is 0 Å². The van der Waals surface area contributed by atoms with Gasteiger partial charge in [-0.05, 0) is 20.5 Å². The fraction of sp³-hybridized carbons (Fsp3) is 1.00. The summed E-state index contributed by atoms with van der Waals surface area (Å²) in [6.07, 6.45) is 1.66. The Morgan fingerprint density at radius 2 is 2.00 bits per heavy atom. The first-order valence-electron chi connectivity index (χ1n) is 3.03. The summed E-state index contributed by atoms with van der Waals surface area (Å²) >= 11 is 0. The number of hydrogen-bond donors (Lipinski definition) is 1. The molecule has 0 saturated heterocycles. The lowest BCUT2D eigenvalue weighted by Crippen LogP contribution is -2.26. The molecule has 0 bridgehead atoms. The zero-order chi connectivity index (χ0) is 6.57. The average molecular weight is 117 g/mol. The lowest BCUT2D eigenvalue weighted by Gasteiger charge is -2.16. The predicted molar refractivity (Wildman–Crippen MR) is 34.6 cm³/mol. The Kier molecular flexibility index (Phi) is 3.83. The van der Waals surface area contributed by atoms with Gasteiger partial charge >= 0.3 is 0 Å². The molecule has 0 amide bonds. The molecular formula is C6H15NO. The maximum atomic E-state index is 9.05. The second-order valence-corrected chi connectivity index (χ2v) is 2.23. The average Bonchev–Trinajstić information content (AvgIpc) is 1.67. The molecule has 0 radical (unpaired) electrons. The first-order valence-corrected chi connectivity index (χ1v) is 3.03. The summed E-state index contributed by atoms with van der Waals surface area (Å²) in [5, 5.41) is 9.05. The SMILES string of the molecule is CCC[C@@H](O)N(C)C. The number of hydrogen-bond acceptors (Lipinski definition) is 2. The molecule has 2 nitrogen and oxygen atoms in total. The molecule has 2 heteroatoms. The van der Waals surface area contributed by atoms with Gasteiger partial charge in [-0.3, -0.25) is 4.90 Å². The number of aliphatic hydroxyl groups is 1. The van der Waals surface area contributed by atoms with Gasteiger partial charge in [-0.2, -0.15) is 0 Å². The van der Waals surface area contributed by atoms with Crippen molar-refractivity contribution < 1.29 is 5.11 Å². The van der Waals surface area contributed by atoms with E-state index in [1.807, 2.05) is 19.0 Å². The maximum absolute atomic E-state index is 9.05. The Morgan fingerprint density at radius 3 is 2.12 bits per heavy atom. The monoisotopic (exact) mass is 117 g/mol. The van der Waals surface area contributed by atoms with Crippen LogP contribution in [0.4, 0.5) is 0 Å². The predicted octanol–water partition coefficient (Wildman–Crippen LogP) is 0.667. The molecular weight excluding hydrogens is 102 g/mol. The molecule has 0 aromatic heterocycles. The molecule has 0 aliphatic rings. The van der Waals surface area contributed by atoms with Gasteiger partial charge in [-0.1, -0.05) is 13.3 Å². The first kappa shape index (κ1) is 7.92. The summed E-state index contributed by atoms with van der Waals surface area (Å²) in [7, 11) is 3.75. The highest BCUT2D eigenvalue weighted by atomic mass is 16.3. The van der Waals surface area contributed by atoms with Crippen LogP contribution in [0.3, 0.4) is 0 Å². The minimum Gasteiger partial charge on any atom is -0.378 e. The summed E-state index contributed by atoms with van der Waals surface area (Å²) in [4.78, 5) is 1.81. The zero-order valence-electron chi connectivity index (χ0n) is 5.89. The minimum absolute atomic E-state index is 0.250. The van der Waals surface area contributed by atoms with Crippen molar-refractivity contribution in [2.75, 3.05) is 14.1 Å². The van der Waals surface area contributed by atoms with Crippen molar-refractivity contribution in [3.8, 4) is 0 Å². The van der Waals surface area contributed by atoms with E-state index in [4.69, 9.17) is 5.11 Å². The lowest BCUT2D eigenvalue weighted by atomic mass is 10.3. The second-order valence-electron chi connectivity index (χ2n) is 2.23. The van der Waals surface area contributed by atoms with Crippen LogP contribution in [0.15, 0.2) is 0 Å². The van der Waals surface area contributed by atoms with Crippen molar-refractivity contribution in [2.45, 2.75) is 26.0 Å². The van der Waals surface area contributed by atoms with E-state index in [2.05, 4.69) is 6.92 Å². The van der Waals surface area contributed by atoms with E-state index in [0.717, 1.165) is 12.8 Å². The van der Waals surface area contributed by atoms with Crippen molar-refractivity contribution >= 4 is 0 Å². The van der Waals surface area contributed by atoms with Gasteiger partial charge in [0.25, 0.3) is 0 Å². The summed E-state index contributed by atoms with van der Waals surface area (Å²) in [6, 6.07) is 0. The molecule has 0 aliphatic heterocycles. The highest BCUT2D eigenvalue weighted by Gasteiger charge is 2.01. The number of nitrogens with zero attached hydrogens (tertiary/aromatic N) is 1. The highest BCUT2D eigenvalue weighted by Crippen LogP contribution is 1.96. The van der Waals surface area contributed by atoms with Crippen molar-refractivity contribution in [1.29, 1.82) is 0 Å². The minimum atomic E-state index is -0.250. The molecule has 0 aromatic carbocycles. The molecule has 0 aliphatic carbocycles. The topological polar surface area (TPSA) is 23.5 Å². The molecule has 0 aromatic rings. The van der Waals surface area contributed by atoms with E-state index in [1.165, 1.54) is 0 Å². The second kappa shape index (κ2) is 3.87. The smallest absolute Gasteiger partial charge is 0.106 e. The Morgan fingerprint density at radius 1 is 1.50 bits per heavy atom. The van der Waals surface area contributed by atoms with Gasteiger partial charge in [-0.25, -0.2) is 0 Å². The van der Waals surface area contributed by atoms with Crippen LogP contribution in [-0.2, 0) is 0 Å². The lowest BCUT2D eigenvalue weighted by molar-refractivity contribution is 0.0329. The molecule has 8 heavy (non-hydrogen) atoms. The third kappa shape index (κ3) is 2.99. The van der Waals surface area contributed by atoms with Crippen LogP contribution < -0.4 is 0 Å². The van der Waals surface area contributed by atoms with Crippen LogP contribution in [0, 0.1) is 0 Å². The summed E-state index contributed by atoms with van der Waals surface area (Å²) in [5.41, 5.74) is 0. The van der Waals surface area contributed by atoms with E-state index in [9.17, 15) is 0 Å². The van der Waals surface area contributed by atoms with Gasteiger partial charge in [0.05, 0.1) is 0 Å². The highest BCUT2D eigenvalue weighted by molar-refractivity contribution is 4.47. The summed E-state index contributed by atoms with van der Waals surface area (Å²) in [6.45, 7) is 2.06. The van der Waals surface area contributed by atoms with E-state index >= 15 is 0 Å². The van der Waals surface area contributed by atoms with Crippen LogP contribution in [0.5, 0.6) is 0 Å². The van der Waals surface area contributed by atoms with Crippen LogP contribution in [0.1, 0.15) is 19.8 Å². The van der Waals surface area contributed by atoms with Gasteiger partial charge in [0, 0.05) is 0 Å². The normalized spacial score (nSPS) is 14.6. The Bertz CT molecular complexity index is 54.5. The molecule has 1 N–H and O–H groups in total. The third-order valence-corrected chi connectivity index (χ3v) is 1.14. The van der Waals surface area contributed by atoms with Gasteiger partial charge in [0.1, 0.15) is 6.23 Å². The quantitative estimate of drug-likeness (QED) is 0.549. The van der Waals surface area contributed by atoms with Crippen molar-refractivity contribution in [1.82, 2.24) is 4.90 Å². The Balaban J connectivity index is 3.17. The van der Waals surface area contributed by atoms with Gasteiger partial charge < -0.3 is 5.11 Å². The van der Waals surface area contributed by atoms with Crippen LogP contribution in [-0.4, -0.2) is 30.3 Å². The van der Waals surface area contributed by atoms with Gasteiger partial charge in [0.15, 0.2) is 0 Å². The van der Waals surface area contributed by atoms with E-state index < -0.39 is 0 Å². The van der Waals surface area contributed by atoms with Crippen molar-refractivity contribution in [2.24, 2.45) is 0 Å². The Hall–Kier alpha value is -0.0800. The molecule has 0 saturated carbocycles. The van der Waals surface area contributed by atoms with E-state index in [-0.39, 0.29) is 6.23 Å². The summed E-state index contributed by atoms with van der Waals surface area (Å²) < 4.78 is 0.